The zero-order valence-corrected chi connectivity index (χ0v) is 16.0. The zero-order chi connectivity index (χ0) is 19.3. The highest BCUT2D eigenvalue weighted by molar-refractivity contribution is 5.76. The van der Waals surface area contributed by atoms with Gasteiger partial charge < -0.3 is 13.8 Å². The number of rotatable bonds is 6. The SMILES string of the molecule is Cc1ccccc1CN1CCN(C(=O)CCc2nc(-c3ccco3)no2)CC1. The van der Waals surface area contributed by atoms with Crippen LogP contribution in [-0.2, 0) is 17.8 Å². The highest BCUT2D eigenvalue weighted by atomic mass is 16.5. The first kappa shape index (κ1) is 18.4. The molecule has 1 aliphatic heterocycles. The van der Waals surface area contributed by atoms with Crippen molar-refractivity contribution in [3.63, 3.8) is 0 Å². The van der Waals surface area contributed by atoms with Crippen LogP contribution in [0.5, 0.6) is 0 Å². The van der Waals surface area contributed by atoms with E-state index in [9.17, 15) is 4.79 Å². The largest absolute Gasteiger partial charge is 0.461 e. The van der Waals surface area contributed by atoms with Gasteiger partial charge in [-0.2, -0.15) is 4.98 Å². The average Bonchev–Trinajstić information content (AvgIpc) is 3.40. The summed E-state index contributed by atoms with van der Waals surface area (Å²) in [4.78, 5) is 21.1. The Kier molecular flexibility index (Phi) is 5.53. The molecule has 0 aliphatic carbocycles. The Bertz CT molecular complexity index is 911. The van der Waals surface area contributed by atoms with Crippen LogP contribution in [0, 0.1) is 6.92 Å². The number of aromatic nitrogens is 2. The van der Waals surface area contributed by atoms with E-state index in [4.69, 9.17) is 8.94 Å². The molecule has 0 radical (unpaired) electrons. The zero-order valence-electron chi connectivity index (χ0n) is 16.0. The Morgan fingerprint density at radius 3 is 2.68 bits per heavy atom. The molecule has 1 aromatic carbocycles. The molecule has 0 atom stereocenters. The van der Waals surface area contributed by atoms with Crippen LogP contribution in [-0.4, -0.2) is 52.0 Å². The fourth-order valence-corrected chi connectivity index (χ4v) is 3.42. The maximum absolute atomic E-state index is 12.5. The summed E-state index contributed by atoms with van der Waals surface area (Å²) in [7, 11) is 0. The molecule has 3 heterocycles. The van der Waals surface area contributed by atoms with E-state index in [2.05, 4.69) is 46.2 Å². The van der Waals surface area contributed by atoms with Crippen LogP contribution < -0.4 is 0 Å². The second-order valence-electron chi connectivity index (χ2n) is 7.07. The number of benzene rings is 1. The molecule has 4 rings (SSSR count). The summed E-state index contributed by atoms with van der Waals surface area (Å²) < 4.78 is 10.5. The van der Waals surface area contributed by atoms with E-state index in [-0.39, 0.29) is 5.91 Å². The molecule has 0 spiro atoms. The molecule has 1 amide bonds. The maximum Gasteiger partial charge on any atom is 0.238 e. The summed E-state index contributed by atoms with van der Waals surface area (Å²) in [5.41, 5.74) is 2.67. The maximum atomic E-state index is 12.5. The minimum Gasteiger partial charge on any atom is -0.461 e. The fourth-order valence-electron chi connectivity index (χ4n) is 3.42. The van der Waals surface area contributed by atoms with Crippen molar-refractivity contribution in [1.29, 1.82) is 0 Å². The van der Waals surface area contributed by atoms with Crippen molar-refractivity contribution in [2.45, 2.75) is 26.3 Å². The summed E-state index contributed by atoms with van der Waals surface area (Å²) in [6.07, 6.45) is 2.38. The van der Waals surface area contributed by atoms with Gasteiger partial charge in [0.2, 0.25) is 17.6 Å². The number of nitrogens with zero attached hydrogens (tertiary/aromatic N) is 4. The van der Waals surface area contributed by atoms with Gasteiger partial charge in [-0.25, -0.2) is 0 Å². The Morgan fingerprint density at radius 1 is 1.11 bits per heavy atom. The monoisotopic (exact) mass is 380 g/mol. The van der Waals surface area contributed by atoms with Crippen LogP contribution in [0.3, 0.4) is 0 Å². The topological polar surface area (TPSA) is 75.6 Å². The molecule has 0 saturated carbocycles. The minimum absolute atomic E-state index is 0.133. The van der Waals surface area contributed by atoms with E-state index in [1.54, 1.807) is 18.4 Å². The van der Waals surface area contributed by atoms with Crippen LogP contribution >= 0.6 is 0 Å². The quantitative estimate of drug-likeness (QED) is 0.655. The molecule has 28 heavy (non-hydrogen) atoms. The lowest BCUT2D eigenvalue weighted by Gasteiger charge is -2.35. The lowest BCUT2D eigenvalue weighted by atomic mass is 10.1. The average molecular weight is 380 g/mol. The summed E-state index contributed by atoms with van der Waals surface area (Å²) in [6.45, 7) is 6.38. The molecule has 146 valence electrons. The smallest absolute Gasteiger partial charge is 0.238 e. The molecule has 1 fully saturated rings. The van der Waals surface area contributed by atoms with Gasteiger partial charge >= 0.3 is 0 Å². The van der Waals surface area contributed by atoms with E-state index < -0.39 is 0 Å². The van der Waals surface area contributed by atoms with Crippen LogP contribution in [0.2, 0.25) is 0 Å². The molecule has 1 aliphatic rings. The number of amides is 1. The Labute approximate surface area is 163 Å². The normalized spacial score (nSPS) is 15.1. The summed E-state index contributed by atoms with van der Waals surface area (Å²) in [5.74, 6) is 1.56. The fraction of sp³-hybridized carbons (Fsp3) is 0.381. The van der Waals surface area contributed by atoms with E-state index in [0.29, 0.717) is 30.3 Å². The minimum atomic E-state index is 0.133. The number of carbonyl (C=O) groups is 1. The van der Waals surface area contributed by atoms with Gasteiger partial charge in [0.1, 0.15) is 0 Å². The number of aryl methyl sites for hydroxylation is 2. The van der Waals surface area contributed by atoms with Crippen LogP contribution in [0.4, 0.5) is 0 Å². The molecule has 0 bridgehead atoms. The van der Waals surface area contributed by atoms with Gasteiger partial charge in [0.25, 0.3) is 0 Å². The van der Waals surface area contributed by atoms with Crippen molar-refractivity contribution in [2.24, 2.45) is 0 Å². The molecule has 1 saturated heterocycles. The van der Waals surface area contributed by atoms with Gasteiger partial charge in [-0.15, -0.1) is 0 Å². The summed E-state index contributed by atoms with van der Waals surface area (Å²) >= 11 is 0. The standard InChI is InChI=1S/C21H24N4O3/c1-16-5-2-3-6-17(16)15-24-10-12-25(13-11-24)20(26)9-8-19-22-21(23-28-19)18-7-4-14-27-18/h2-7,14H,8-13,15H2,1H3. The summed E-state index contributed by atoms with van der Waals surface area (Å²) in [5, 5.41) is 3.89. The van der Waals surface area contributed by atoms with Crippen molar-refractivity contribution in [3.8, 4) is 11.6 Å². The third-order valence-electron chi connectivity index (χ3n) is 5.14. The number of hydrogen-bond acceptors (Lipinski definition) is 6. The van der Waals surface area contributed by atoms with E-state index in [1.807, 2.05) is 4.90 Å². The third-order valence-corrected chi connectivity index (χ3v) is 5.14. The Balaban J connectivity index is 1.24. The molecular weight excluding hydrogens is 356 g/mol. The van der Waals surface area contributed by atoms with Crippen molar-refractivity contribution >= 4 is 5.91 Å². The van der Waals surface area contributed by atoms with Gasteiger partial charge in [0, 0.05) is 45.6 Å². The Hall–Kier alpha value is -2.93. The number of carbonyl (C=O) groups excluding carboxylic acids is 1. The van der Waals surface area contributed by atoms with Gasteiger partial charge in [0.05, 0.1) is 6.26 Å². The summed E-state index contributed by atoms with van der Waals surface area (Å²) in [6, 6.07) is 12.0. The van der Waals surface area contributed by atoms with Crippen molar-refractivity contribution in [1.82, 2.24) is 19.9 Å². The van der Waals surface area contributed by atoms with E-state index in [1.165, 1.54) is 11.1 Å². The van der Waals surface area contributed by atoms with Gasteiger partial charge in [-0.3, -0.25) is 9.69 Å². The number of furan rings is 1. The van der Waals surface area contributed by atoms with Gasteiger partial charge in [0.15, 0.2) is 5.76 Å². The predicted molar refractivity (Wildman–Crippen MR) is 103 cm³/mol. The van der Waals surface area contributed by atoms with Crippen molar-refractivity contribution in [3.05, 3.63) is 59.7 Å². The molecule has 7 heteroatoms. The lowest BCUT2D eigenvalue weighted by molar-refractivity contribution is -0.133. The lowest BCUT2D eigenvalue weighted by Crippen LogP contribution is -2.48. The number of hydrogen-bond donors (Lipinski definition) is 0. The molecule has 3 aromatic rings. The second kappa shape index (κ2) is 8.39. The van der Waals surface area contributed by atoms with E-state index >= 15 is 0 Å². The molecular formula is C21H24N4O3. The predicted octanol–water partition coefficient (Wildman–Crippen LogP) is 2.92. The molecule has 0 N–H and O–H groups in total. The second-order valence-corrected chi connectivity index (χ2v) is 7.07. The molecule has 0 unspecified atom stereocenters. The van der Waals surface area contributed by atoms with Gasteiger partial charge in [-0.1, -0.05) is 29.4 Å². The molecule has 2 aromatic heterocycles. The van der Waals surface area contributed by atoms with Crippen molar-refractivity contribution in [2.75, 3.05) is 26.2 Å². The molecule has 7 nitrogen and oxygen atoms in total. The highest BCUT2D eigenvalue weighted by Crippen LogP contribution is 2.17. The first-order valence-electron chi connectivity index (χ1n) is 9.60. The highest BCUT2D eigenvalue weighted by Gasteiger charge is 2.22. The third kappa shape index (κ3) is 4.31. The first-order chi connectivity index (χ1) is 13.7. The van der Waals surface area contributed by atoms with Crippen LogP contribution in [0.25, 0.3) is 11.6 Å². The number of piperazine rings is 1. The van der Waals surface area contributed by atoms with Crippen LogP contribution in [0.1, 0.15) is 23.4 Å². The van der Waals surface area contributed by atoms with Gasteiger partial charge in [-0.05, 0) is 30.2 Å². The Morgan fingerprint density at radius 2 is 1.93 bits per heavy atom. The van der Waals surface area contributed by atoms with E-state index in [0.717, 1.165) is 32.7 Å². The van der Waals surface area contributed by atoms with Crippen LogP contribution in [0.15, 0.2) is 51.6 Å². The van der Waals surface area contributed by atoms with Crippen molar-refractivity contribution < 1.29 is 13.7 Å². The first-order valence-corrected chi connectivity index (χ1v) is 9.60.